The molecular weight excluding hydrogens is 468 g/mol. The summed E-state index contributed by atoms with van der Waals surface area (Å²) in [6, 6.07) is 10.7. The molecule has 1 saturated carbocycles. The molecule has 10 heteroatoms. The zero-order chi connectivity index (χ0) is 24.6. The average Bonchev–Trinajstić information content (AvgIpc) is 3.60. The summed E-state index contributed by atoms with van der Waals surface area (Å²) in [4.78, 5) is 15.2. The molecule has 1 N–H and O–H groups in total. The van der Waals surface area contributed by atoms with E-state index in [4.69, 9.17) is 14.2 Å². The molecule has 1 fully saturated rings. The fraction of sp³-hybridized carbons (Fsp3) is 0.400. The number of nitrogens with zero attached hydrogens (tertiary/aromatic N) is 3. The predicted octanol–water partition coefficient (Wildman–Crippen LogP) is 3.86. The summed E-state index contributed by atoms with van der Waals surface area (Å²) in [7, 11) is 2.35. The molecule has 1 aromatic heterocycles. The minimum atomic E-state index is -0.972. The van der Waals surface area contributed by atoms with Gasteiger partial charge in [0.25, 0.3) is 5.91 Å². The lowest BCUT2D eigenvalue weighted by molar-refractivity contribution is -0.0108. The van der Waals surface area contributed by atoms with Crippen LogP contribution in [0.2, 0.25) is 0 Å². The van der Waals surface area contributed by atoms with Gasteiger partial charge in [-0.15, -0.1) is 5.10 Å². The molecule has 3 aromatic rings. The molecule has 2 unspecified atom stereocenters. The van der Waals surface area contributed by atoms with E-state index in [0.717, 1.165) is 29.7 Å². The maximum atomic E-state index is 13.0. The number of nitrogens with one attached hydrogen (secondary N) is 1. The Kier molecular flexibility index (Phi) is 6.33. The Morgan fingerprint density at radius 3 is 2.71 bits per heavy atom. The third-order valence-electron chi connectivity index (χ3n) is 6.09. The van der Waals surface area contributed by atoms with Gasteiger partial charge in [0.15, 0.2) is 5.82 Å². The molecule has 2 aromatic carbocycles. The van der Waals surface area contributed by atoms with Gasteiger partial charge >= 0.3 is 0 Å². The Labute approximate surface area is 206 Å². The number of ether oxygens (including phenoxy) is 3. The first-order valence-electron chi connectivity index (χ1n) is 11.5. The zero-order valence-corrected chi connectivity index (χ0v) is 20.8. The lowest BCUT2D eigenvalue weighted by Crippen LogP contribution is -2.40. The van der Waals surface area contributed by atoms with E-state index < -0.39 is 16.4 Å². The lowest BCUT2D eigenvalue weighted by Gasteiger charge is -2.36. The minimum absolute atomic E-state index is 0.275. The van der Waals surface area contributed by atoms with Gasteiger partial charge in [0.05, 0.1) is 23.6 Å². The SMILES string of the molecule is COCC1(C)CCc2c(Oc3ccc(S(=O)C4CC4)cc3)cc(C(=O)Nc3cnn(C)n3)cc2O1. The molecule has 0 bridgehead atoms. The first-order chi connectivity index (χ1) is 16.8. The van der Waals surface area contributed by atoms with Crippen LogP contribution in [0.15, 0.2) is 47.5 Å². The molecule has 2 atom stereocenters. The van der Waals surface area contributed by atoms with E-state index in [2.05, 4.69) is 15.5 Å². The van der Waals surface area contributed by atoms with Crippen molar-refractivity contribution in [2.24, 2.45) is 7.05 Å². The van der Waals surface area contributed by atoms with Gasteiger partial charge in [-0.05, 0) is 69.0 Å². The normalized spacial score (nSPS) is 20.0. The average molecular weight is 497 g/mol. The fourth-order valence-corrected chi connectivity index (χ4v) is 5.48. The van der Waals surface area contributed by atoms with Gasteiger partial charge in [-0.1, -0.05) is 0 Å². The molecule has 9 nitrogen and oxygen atoms in total. The predicted molar refractivity (Wildman–Crippen MR) is 131 cm³/mol. The number of carbonyl (C=O) groups is 1. The Morgan fingerprint density at radius 2 is 2.06 bits per heavy atom. The standard InChI is InChI=1S/C25H28N4O5S/c1-25(15-32-3)11-10-20-21(33-17-4-6-18(7-5-17)35(31)19-8-9-19)12-16(13-22(20)34-25)24(30)27-23-14-26-29(2)28-23/h4-7,12-14,19H,8-11,15H2,1-3H3,(H,27,28,30). The second-order valence-electron chi connectivity index (χ2n) is 9.18. The van der Waals surface area contributed by atoms with Gasteiger partial charge in [0.2, 0.25) is 0 Å². The second-order valence-corrected chi connectivity index (χ2v) is 10.9. The van der Waals surface area contributed by atoms with Crippen LogP contribution in [0.25, 0.3) is 0 Å². The topological polar surface area (TPSA) is 105 Å². The number of methoxy groups -OCH3 is 1. The van der Waals surface area contributed by atoms with E-state index in [0.29, 0.717) is 41.7 Å². The second kappa shape index (κ2) is 9.43. The highest BCUT2D eigenvalue weighted by Crippen LogP contribution is 2.41. The first-order valence-corrected chi connectivity index (χ1v) is 12.8. The van der Waals surface area contributed by atoms with E-state index in [9.17, 15) is 9.00 Å². The Balaban J connectivity index is 1.45. The minimum Gasteiger partial charge on any atom is -0.485 e. The van der Waals surface area contributed by atoms with Gasteiger partial charge in [-0.3, -0.25) is 9.00 Å². The van der Waals surface area contributed by atoms with E-state index in [1.165, 1.54) is 11.0 Å². The van der Waals surface area contributed by atoms with Gasteiger partial charge in [-0.25, -0.2) is 0 Å². The number of rotatable bonds is 8. The van der Waals surface area contributed by atoms with Crippen LogP contribution < -0.4 is 14.8 Å². The fourth-order valence-electron chi connectivity index (χ4n) is 4.13. The molecular formula is C25H28N4O5S. The number of anilines is 1. The molecule has 0 saturated heterocycles. The Morgan fingerprint density at radius 1 is 1.29 bits per heavy atom. The summed E-state index contributed by atoms with van der Waals surface area (Å²) in [5.41, 5.74) is 0.755. The number of fused-ring (bicyclic) bond motifs is 1. The smallest absolute Gasteiger partial charge is 0.257 e. The molecule has 2 heterocycles. The number of amides is 1. The van der Waals surface area contributed by atoms with Crippen molar-refractivity contribution < 1.29 is 23.2 Å². The number of carbonyl (C=O) groups excluding carboxylic acids is 1. The van der Waals surface area contributed by atoms with Crippen LogP contribution >= 0.6 is 0 Å². The van der Waals surface area contributed by atoms with Crippen molar-refractivity contribution >= 4 is 22.5 Å². The van der Waals surface area contributed by atoms with Gasteiger partial charge in [0, 0.05) is 35.4 Å². The van der Waals surface area contributed by atoms with E-state index in [-0.39, 0.29) is 11.2 Å². The van der Waals surface area contributed by atoms with Gasteiger partial charge < -0.3 is 19.5 Å². The monoisotopic (exact) mass is 496 g/mol. The lowest BCUT2D eigenvalue weighted by atomic mass is 9.91. The van der Waals surface area contributed by atoms with Crippen LogP contribution in [0.1, 0.15) is 42.1 Å². The van der Waals surface area contributed by atoms with E-state index >= 15 is 0 Å². The molecule has 1 aliphatic carbocycles. The van der Waals surface area contributed by atoms with Crippen molar-refractivity contribution in [1.82, 2.24) is 15.0 Å². The largest absolute Gasteiger partial charge is 0.485 e. The van der Waals surface area contributed by atoms with Crippen molar-refractivity contribution in [3.63, 3.8) is 0 Å². The Hall–Kier alpha value is -3.24. The highest BCUT2D eigenvalue weighted by Gasteiger charge is 2.34. The van der Waals surface area contributed by atoms with E-state index in [1.807, 2.05) is 31.2 Å². The quantitative estimate of drug-likeness (QED) is 0.505. The maximum Gasteiger partial charge on any atom is 0.257 e. The van der Waals surface area contributed by atoms with Crippen LogP contribution in [-0.4, -0.2) is 49.7 Å². The first kappa shape index (κ1) is 23.5. The molecule has 2 aliphatic rings. The van der Waals surface area contributed by atoms with Crippen LogP contribution in [0.4, 0.5) is 5.82 Å². The summed E-state index contributed by atoms with van der Waals surface area (Å²) < 4.78 is 30.3. The molecule has 0 spiro atoms. The number of hydrogen-bond acceptors (Lipinski definition) is 7. The summed E-state index contributed by atoms with van der Waals surface area (Å²) in [5.74, 6) is 1.73. The zero-order valence-electron chi connectivity index (χ0n) is 19.9. The summed E-state index contributed by atoms with van der Waals surface area (Å²) in [5, 5.41) is 11.1. The van der Waals surface area contributed by atoms with Crippen LogP contribution in [0, 0.1) is 0 Å². The highest BCUT2D eigenvalue weighted by atomic mass is 32.2. The number of aromatic nitrogens is 3. The molecule has 35 heavy (non-hydrogen) atoms. The number of aryl methyl sites for hydroxylation is 1. The highest BCUT2D eigenvalue weighted by molar-refractivity contribution is 7.86. The van der Waals surface area contributed by atoms with Crippen molar-refractivity contribution in [2.45, 2.75) is 48.4 Å². The van der Waals surface area contributed by atoms with Crippen LogP contribution in [0.3, 0.4) is 0 Å². The maximum absolute atomic E-state index is 13.0. The molecule has 1 aliphatic heterocycles. The van der Waals surface area contributed by atoms with Gasteiger partial charge in [-0.2, -0.15) is 9.90 Å². The third-order valence-corrected chi connectivity index (χ3v) is 7.91. The van der Waals surface area contributed by atoms with Crippen molar-refractivity contribution in [1.29, 1.82) is 0 Å². The summed E-state index contributed by atoms with van der Waals surface area (Å²) in [6.45, 7) is 2.42. The number of benzene rings is 2. The van der Waals surface area contributed by atoms with Gasteiger partial charge in [0.1, 0.15) is 22.8 Å². The molecule has 5 rings (SSSR count). The molecule has 0 radical (unpaired) electrons. The van der Waals surface area contributed by atoms with Crippen LogP contribution in [-0.2, 0) is 29.0 Å². The summed E-state index contributed by atoms with van der Waals surface area (Å²) >= 11 is 0. The molecule has 184 valence electrons. The van der Waals surface area contributed by atoms with Crippen molar-refractivity contribution in [3.8, 4) is 17.2 Å². The molecule has 1 amide bonds. The van der Waals surface area contributed by atoms with Crippen molar-refractivity contribution in [2.75, 3.05) is 19.0 Å². The van der Waals surface area contributed by atoms with Crippen LogP contribution in [0.5, 0.6) is 17.2 Å². The van der Waals surface area contributed by atoms with Crippen molar-refractivity contribution in [3.05, 3.63) is 53.7 Å². The number of hydrogen-bond donors (Lipinski definition) is 1. The third kappa shape index (κ3) is 5.23. The Bertz CT molecular complexity index is 1270. The summed E-state index contributed by atoms with van der Waals surface area (Å²) in [6.07, 6.45) is 4.97. The van der Waals surface area contributed by atoms with E-state index in [1.54, 1.807) is 26.3 Å².